The highest BCUT2D eigenvalue weighted by Gasteiger charge is 2.31. The topological polar surface area (TPSA) is 12.0 Å². The molecule has 0 amide bonds. The Morgan fingerprint density at radius 3 is 2.89 bits per heavy atom. The van der Waals surface area contributed by atoms with Gasteiger partial charge in [0, 0.05) is 12.6 Å². The molecule has 3 heteroatoms. The predicted molar refractivity (Wildman–Crippen MR) is 74.3 cm³/mol. The van der Waals surface area contributed by atoms with Gasteiger partial charge in [-0.1, -0.05) is 50.4 Å². The molecule has 0 aromatic heterocycles. The molecule has 1 aliphatic carbocycles. The molecular weight excluding hydrogens is 249 g/mol. The van der Waals surface area contributed by atoms with Crippen molar-refractivity contribution >= 4 is 11.6 Å². The second-order valence-electron chi connectivity index (χ2n) is 5.88. The zero-order chi connectivity index (χ0) is 13.2. The van der Waals surface area contributed by atoms with Crippen molar-refractivity contribution in [2.24, 2.45) is 5.41 Å². The van der Waals surface area contributed by atoms with Crippen molar-refractivity contribution in [2.45, 2.75) is 52.1 Å². The Bertz CT molecular complexity index is 417. The highest BCUT2D eigenvalue weighted by molar-refractivity contribution is 6.31. The third-order valence-electron chi connectivity index (χ3n) is 4.08. The molecule has 100 valence electrons. The van der Waals surface area contributed by atoms with Crippen LogP contribution in [0.4, 0.5) is 4.39 Å². The summed E-state index contributed by atoms with van der Waals surface area (Å²) in [4.78, 5) is 0. The number of halogens is 2. The summed E-state index contributed by atoms with van der Waals surface area (Å²) in [6, 6.07) is 5.49. The quantitative estimate of drug-likeness (QED) is 0.850. The number of rotatable bonds is 3. The SMILES string of the molecule is CC1(C)CCCCC1NCc1cccc(F)c1Cl. The third kappa shape index (κ3) is 3.04. The van der Waals surface area contributed by atoms with Crippen LogP contribution in [-0.4, -0.2) is 6.04 Å². The van der Waals surface area contributed by atoms with E-state index in [4.69, 9.17) is 11.6 Å². The summed E-state index contributed by atoms with van der Waals surface area (Å²) in [5.41, 5.74) is 1.16. The normalized spacial score (nSPS) is 23.0. The maximum Gasteiger partial charge on any atom is 0.142 e. The van der Waals surface area contributed by atoms with E-state index in [1.807, 2.05) is 6.07 Å². The van der Waals surface area contributed by atoms with Gasteiger partial charge in [0.05, 0.1) is 5.02 Å². The zero-order valence-electron chi connectivity index (χ0n) is 11.1. The van der Waals surface area contributed by atoms with Gasteiger partial charge in [0.25, 0.3) is 0 Å². The number of benzene rings is 1. The van der Waals surface area contributed by atoms with E-state index < -0.39 is 0 Å². The van der Waals surface area contributed by atoms with Crippen LogP contribution in [0.2, 0.25) is 5.02 Å². The van der Waals surface area contributed by atoms with Gasteiger partial charge in [0.1, 0.15) is 5.82 Å². The summed E-state index contributed by atoms with van der Waals surface area (Å²) in [5.74, 6) is -0.334. The van der Waals surface area contributed by atoms with Gasteiger partial charge < -0.3 is 5.32 Å². The van der Waals surface area contributed by atoms with Crippen molar-refractivity contribution < 1.29 is 4.39 Å². The number of hydrogen-bond acceptors (Lipinski definition) is 1. The average molecular weight is 270 g/mol. The fourth-order valence-corrected chi connectivity index (χ4v) is 2.98. The van der Waals surface area contributed by atoms with E-state index >= 15 is 0 Å². The largest absolute Gasteiger partial charge is 0.309 e. The van der Waals surface area contributed by atoms with Crippen LogP contribution in [-0.2, 0) is 6.54 Å². The van der Waals surface area contributed by atoms with E-state index in [9.17, 15) is 4.39 Å². The van der Waals surface area contributed by atoms with Gasteiger partial charge >= 0.3 is 0 Å². The van der Waals surface area contributed by atoms with Crippen LogP contribution in [0.1, 0.15) is 45.1 Å². The van der Waals surface area contributed by atoms with Gasteiger partial charge in [-0.2, -0.15) is 0 Å². The average Bonchev–Trinajstić information content (AvgIpc) is 2.32. The molecule has 0 bridgehead atoms. The summed E-state index contributed by atoms with van der Waals surface area (Å²) < 4.78 is 13.3. The summed E-state index contributed by atoms with van der Waals surface area (Å²) in [5, 5.41) is 3.79. The van der Waals surface area contributed by atoms with Gasteiger partial charge in [0.2, 0.25) is 0 Å². The molecule has 1 fully saturated rings. The molecule has 1 aliphatic rings. The maximum absolute atomic E-state index is 13.3. The first-order chi connectivity index (χ1) is 8.50. The van der Waals surface area contributed by atoms with Crippen molar-refractivity contribution in [1.29, 1.82) is 0 Å². The van der Waals surface area contributed by atoms with Gasteiger partial charge in [-0.05, 0) is 29.9 Å². The maximum atomic E-state index is 13.3. The van der Waals surface area contributed by atoms with Crippen LogP contribution >= 0.6 is 11.6 Å². The minimum Gasteiger partial charge on any atom is -0.309 e. The lowest BCUT2D eigenvalue weighted by atomic mass is 9.73. The van der Waals surface area contributed by atoms with Gasteiger partial charge in [-0.15, -0.1) is 0 Å². The molecule has 1 aromatic carbocycles. The Hall–Kier alpha value is -0.600. The van der Waals surface area contributed by atoms with Crippen molar-refractivity contribution in [2.75, 3.05) is 0 Å². The van der Waals surface area contributed by atoms with Crippen LogP contribution in [0.15, 0.2) is 18.2 Å². The minimum atomic E-state index is -0.334. The van der Waals surface area contributed by atoms with E-state index in [-0.39, 0.29) is 10.8 Å². The molecule has 0 saturated heterocycles. The molecule has 0 radical (unpaired) electrons. The van der Waals surface area contributed by atoms with E-state index in [1.165, 1.54) is 31.7 Å². The van der Waals surface area contributed by atoms with Gasteiger partial charge in [-0.25, -0.2) is 4.39 Å². The van der Waals surface area contributed by atoms with E-state index in [0.717, 1.165) is 5.56 Å². The summed E-state index contributed by atoms with van der Waals surface area (Å²) in [6.07, 6.45) is 5.03. The van der Waals surface area contributed by atoms with E-state index in [1.54, 1.807) is 6.07 Å². The van der Waals surface area contributed by atoms with Crippen LogP contribution in [0.5, 0.6) is 0 Å². The van der Waals surface area contributed by atoms with Crippen molar-refractivity contribution in [1.82, 2.24) is 5.32 Å². The summed E-state index contributed by atoms with van der Waals surface area (Å²) >= 11 is 5.97. The number of nitrogens with one attached hydrogen (secondary N) is 1. The molecule has 0 heterocycles. The molecule has 1 saturated carbocycles. The van der Waals surface area contributed by atoms with Gasteiger partial charge in [-0.3, -0.25) is 0 Å². The molecule has 18 heavy (non-hydrogen) atoms. The Balaban J connectivity index is 2.00. The van der Waals surface area contributed by atoms with Crippen LogP contribution in [0.25, 0.3) is 0 Å². The van der Waals surface area contributed by atoms with Crippen molar-refractivity contribution in [3.63, 3.8) is 0 Å². The molecule has 0 spiro atoms. The Morgan fingerprint density at radius 2 is 2.17 bits per heavy atom. The predicted octanol–water partition coefficient (Wildman–Crippen LogP) is 4.54. The monoisotopic (exact) mass is 269 g/mol. The smallest absolute Gasteiger partial charge is 0.142 e. The molecule has 1 N–H and O–H groups in total. The minimum absolute atomic E-state index is 0.249. The Morgan fingerprint density at radius 1 is 1.39 bits per heavy atom. The van der Waals surface area contributed by atoms with Gasteiger partial charge in [0.15, 0.2) is 0 Å². The molecule has 1 aromatic rings. The molecule has 1 atom stereocenters. The lowest BCUT2D eigenvalue weighted by Crippen LogP contribution is -2.43. The first-order valence-corrected chi connectivity index (χ1v) is 7.05. The van der Waals surface area contributed by atoms with Crippen molar-refractivity contribution in [3.05, 3.63) is 34.6 Å². The summed E-state index contributed by atoms with van der Waals surface area (Å²) in [6.45, 7) is 5.25. The molecular formula is C15H21ClFN. The fraction of sp³-hybridized carbons (Fsp3) is 0.600. The Labute approximate surface area is 114 Å². The van der Waals surface area contributed by atoms with Crippen LogP contribution in [0.3, 0.4) is 0 Å². The highest BCUT2D eigenvalue weighted by atomic mass is 35.5. The standard InChI is InChI=1S/C15H21ClFN/c1-15(2)9-4-3-8-13(15)18-10-11-6-5-7-12(17)14(11)16/h5-7,13,18H,3-4,8-10H2,1-2H3. The Kier molecular flexibility index (Phi) is 4.29. The van der Waals surface area contributed by atoms with Crippen LogP contribution in [0, 0.1) is 11.2 Å². The van der Waals surface area contributed by atoms with Crippen molar-refractivity contribution in [3.8, 4) is 0 Å². The molecule has 1 unspecified atom stereocenters. The van der Waals surface area contributed by atoms with Crippen LogP contribution < -0.4 is 5.32 Å². The highest BCUT2D eigenvalue weighted by Crippen LogP contribution is 2.35. The second-order valence-corrected chi connectivity index (χ2v) is 6.26. The molecule has 0 aliphatic heterocycles. The van der Waals surface area contributed by atoms with E-state index in [2.05, 4.69) is 19.2 Å². The summed E-state index contributed by atoms with van der Waals surface area (Å²) in [7, 11) is 0. The first kappa shape index (κ1) is 13.8. The first-order valence-electron chi connectivity index (χ1n) is 6.67. The second kappa shape index (κ2) is 5.58. The lowest BCUT2D eigenvalue weighted by molar-refractivity contribution is 0.167. The zero-order valence-corrected chi connectivity index (χ0v) is 11.9. The fourth-order valence-electron chi connectivity index (χ4n) is 2.79. The molecule has 1 nitrogen and oxygen atoms in total. The van der Waals surface area contributed by atoms with E-state index in [0.29, 0.717) is 18.0 Å². The number of hydrogen-bond donors (Lipinski definition) is 1. The lowest BCUT2D eigenvalue weighted by Gasteiger charge is -2.39. The molecule has 2 rings (SSSR count). The third-order valence-corrected chi connectivity index (χ3v) is 4.50.